The number of nitrogens with zero attached hydrogens (tertiary/aromatic N) is 2. The van der Waals surface area contributed by atoms with Gasteiger partial charge in [0.1, 0.15) is 0 Å². The Morgan fingerprint density at radius 3 is 2.00 bits per heavy atom. The van der Waals surface area contributed by atoms with Gasteiger partial charge in [-0.05, 0) is 78.6 Å². The third kappa shape index (κ3) is 4.02. The lowest BCUT2D eigenvalue weighted by Crippen LogP contribution is -2.48. The average molecular weight is 310 g/mol. The first-order valence-corrected chi connectivity index (χ1v) is 9.24. The molecule has 4 nitrogen and oxygen atoms in total. The number of rotatable bonds is 5. The summed E-state index contributed by atoms with van der Waals surface area (Å²) in [5.41, 5.74) is 0. The Morgan fingerprint density at radius 1 is 0.818 bits per heavy atom. The van der Waals surface area contributed by atoms with E-state index in [1.807, 2.05) is 7.11 Å². The van der Waals surface area contributed by atoms with Crippen LogP contribution >= 0.6 is 0 Å². The van der Waals surface area contributed by atoms with Crippen molar-refractivity contribution in [3.8, 4) is 0 Å². The van der Waals surface area contributed by atoms with Gasteiger partial charge < -0.3 is 19.3 Å². The predicted octanol–water partition coefficient (Wildman–Crippen LogP) is 2.52. The van der Waals surface area contributed by atoms with Crippen molar-refractivity contribution < 1.29 is 9.47 Å². The fourth-order valence-electron chi connectivity index (χ4n) is 4.38. The molecule has 22 heavy (non-hydrogen) atoms. The Morgan fingerprint density at radius 2 is 1.41 bits per heavy atom. The molecule has 3 aliphatic rings. The highest BCUT2D eigenvalue weighted by molar-refractivity contribution is 4.87. The minimum Gasteiger partial charge on any atom is -0.381 e. The molecule has 1 heterocycles. The lowest BCUT2D eigenvalue weighted by molar-refractivity contribution is -0.126. The third-order valence-corrected chi connectivity index (χ3v) is 6.25. The van der Waals surface area contributed by atoms with Crippen molar-refractivity contribution in [2.45, 2.75) is 81.8 Å². The second-order valence-electron chi connectivity index (χ2n) is 7.72. The maximum atomic E-state index is 6.24. The highest BCUT2D eigenvalue weighted by atomic mass is 16.5. The van der Waals surface area contributed by atoms with Crippen LogP contribution in [0.5, 0.6) is 0 Å². The van der Waals surface area contributed by atoms with Crippen molar-refractivity contribution in [3.05, 3.63) is 0 Å². The monoisotopic (exact) mass is 310 g/mol. The Labute approximate surface area is 136 Å². The zero-order chi connectivity index (χ0) is 15.5. The molecule has 0 aromatic carbocycles. The van der Waals surface area contributed by atoms with Crippen molar-refractivity contribution in [2.24, 2.45) is 0 Å². The number of piperidine rings is 1. The molecular weight excluding hydrogens is 276 g/mol. The van der Waals surface area contributed by atoms with Gasteiger partial charge in [-0.2, -0.15) is 0 Å². The van der Waals surface area contributed by atoms with Crippen LogP contribution in [-0.2, 0) is 9.47 Å². The molecular formula is C18H34N2O2. The van der Waals surface area contributed by atoms with Crippen LogP contribution in [0.3, 0.4) is 0 Å². The topological polar surface area (TPSA) is 24.9 Å². The van der Waals surface area contributed by atoms with Gasteiger partial charge in [-0.1, -0.05) is 0 Å². The van der Waals surface area contributed by atoms with Crippen LogP contribution < -0.4 is 0 Å². The Bertz CT molecular complexity index is 330. The van der Waals surface area contributed by atoms with Crippen molar-refractivity contribution in [2.75, 3.05) is 34.3 Å². The molecule has 0 aromatic rings. The van der Waals surface area contributed by atoms with Crippen LogP contribution in [0, 0.1) is 0 Å². The van der Waals surface area contributed by atoms with Gasteiger partial charge in [-0.25, -0.2) is 0 Å². The molecule has 3 rings (SSSR count). The molecule has 0 N–H and O–H groups in total. The third-order valence-electron chi connectivity index (χ3n) is 6.25. The lowest BCUT2D eigenvalue weighted by Gasteiger charge is -2.43. The zero-order valence-corrected chi connectivity index (χ0v) is 14.7. The van der Waals surface area contributed by atoms with E-state index in [1.165, 1.54) is 51.6 Å². The molecule has 0 unspecified atom stereocenters. The van der Waals surface area contributed by atoms with Crippen LogP contribution in [0.25, 0.3) is 0 Å². The second kappa shape index (κ2) is 7.61. The summed E-state index contributed by atoms with van der Waals surface area (Å²) >= 11 is 0. The van der Waals surface area contributed by atoms with Gasteiger partial charge in [0.05, 0.1) is 18.3 Å². The summed E-state index contributed by atoms with van der Waals surface area (Å²) in [6, 6.07) is 1.58. The molecule has 1 saturated heterocycles. The fraction of sp³-hybridized carbons (Fsp3) is 1.00. The first kappa shape index (κ1) is 16.7. The van der Waals surface area contributed by atoms with Gasteiger partial charge in [-0.3, -0.25) is 0 Å². The van der Waals surface area contributed by atoms with Crippen LogP contribution in [0.1, 0.15) is 51.4 Å². The zero-order valence-electron chi connectivity index (χ0n) is 14.7. The molecule has 128 valence electrons. The Kier molecular flexibility index (Phi) is 5.77. The number of hydrogen-bond acceptors (Lipinski definition) is 4. The summed E-state index contributed by atoms with van der Waals surface area (Å²) in [6.45, 7) is 2.52. The van der Waals surface area contributed by atoms with Gasteiger partial charge in [0.2, 0.25) is 0 Å². The number of ether oxygens (including phenoxy) is 2. The quantitative estimate of drug-likeness (QED) is 0.779. The van der Waals surface area contributed by atoms with Gasteiger partial charge in [0, 0.05) is 19.2 Å². The average Bonchev–Trinajstić information content (AvgIpc) is 2.51. The van der Waals surface area contributed by atoms with Gasteiger partial charge in [0.25, 0.3) is 0 Å². The van der Waals surface area contributed by atoms with E-state index in [0.29, 0.717) is 18.3 Å². The largest absolute Gasteiger partial charge is 0.381 e. The molecule has 2 saturated carbocycles. The summed E-state index contributed by atoms with van der Waals surface area (Å²) in [7, 11) is 6.41. The van der Waals surface area contributed by atoms with Crippen LogP contribution in [0.2, 0.25) is 0 Å². The molecule has 4 heteroatoms. The van der Waals surface area contributed by atoms with Crippen LogP contribution in [-0.4, -0.2) is 74.5 Å². The highest BCUT2D eigenvalue weighted by Crippen LogP contribution is 2.32. The Hall–Kier alpha value is -0.160. The molecule has 0 amide bonds. The van der Waals surface area contributed by atoms with E-state index in [1.54, 1.807) is 0 Å². The van der Waals surface area contributed by atoms with E-state index in [-0.39, 0.29) is 0 Å². The molecule has 0 spiro atoms. The van der Waals surface area contributed by atoms with E-state index in [4.69, 9.17) is 9.47 Å². The maximum Gasteiger partial charge on any atom is 0.0628 e. The van der Waals surface area contributed by atoms with Gasteiger partial charge >= 0.3 is 0 Å². The first-order chi connectivity index (χ1) is 10.7. The summed E-state index contributed by atoms with van der Waals surface area (Å²) in [5, 5.41) is 0. The molecule has 0 aromatic heterocycles. The highest BCUT2D eigenvalue weighted by Gasteiger charge is 2.34. The SMILES string of the molecule is CO[C@H]1C[C@H](OC2CCC(N(C)C3CCN(C)CC3)CC2)C1. The molecule has 0 radical (unpaired) electrons. The number of methoxy groups -OCH3 is 1. The van der Waals surface area contributed by atoms with E-state index in [0.717, 1.165) is 24.9 Å². The standard InChI is InChI=1S/C18H34N2O2/c1-19-10-8-15(9-11-19)20(2)14-4-6-16(7-5-14)22-18-12-17(13-18)21-3/h14-18H,4-13H2,1-3H3/t14?,16?,17-,18-. The summed E-state index contributed by atoms with van der Waals surface area (Å²) in [4.78, 5) is 5.15. The summed E-state index contributed by atoms with van der Waals surface area (Å²) in [5.74, 6) is 0. The Balaban J connectivity index is 1.36. The molecule has 0 bridgehead atoms. The smallest absolute Gasteiger partial charge is 0.0628 e. The van der Waals surface area contributed by atoms with Gasteiger partial charge in [0.15, 0.2) is 0 Å². The van der Waals surface area contributed by atoms with E-state index < -0.39 is 0 Å². The molecule has 1 aliphatic heterocycles. The summed E-state index contributed by atoms with van der Waals surface area (Å²) < 4.78 is 11.6. The van der Waals surface area contributed by atoms with E-state index in [2.05, 4.69) is 23.9 Å². The maximum absolute atomic E-state index is 6.24. The van der Waals surface area contributed by atoms with Crippen molar-refractivity contribution in [1.29, 1.82) is 0 Å². The van der Waals surface area contributed by atoms with Crippen LogP contribution in [0.4, 0.5) is 0 Å². The van der Waals surface area contributed by atoms with E-state index in [9.17, 15) is 0 Å². The van der Waals surface area contributed by atoms with E-state index >= 15 is 0 Å². The molecule has 2 aliphatic carbocycles. The van der Waals surface area contributed by atoms with Crippen molar-refractivity contribution in [1.82, 2.24) is 9.80 Å². The minimum absolute atomic E-state index is 0.455. The van der Waals surface area contributed by atoms with Crippen LogP contribution in [0.15, 0.2) is 0 Å². The molecule has 0 atom stereocenters. The van der Waals surface area contributed by atoms with Crippen molar-refractivity contribution in [3.63, 3.8) is 0 Å². The fourth-order valence-corrected chi connectivity index (χ4v) is 4.38. The summed E-state index contributed by atoms with van der Waals surface area (Å²) in [6.07, 6.45) is 11.4. The minimum atomic E-state index is 0.455. The molecule has 3 fully saturated rings. The lowest BCUT2D eigenvalue weighted by atomic mass is 9.88. The normalized spacial score (nSPS) is 38.2. The van der Waals surface area contributed by atoms with Gasteiger partial charge in [-0.15, -0.1) is 0 Å². The number of hydrogen-bond donors (Lipinski definition) is 0. The second-order valence-corrected chi connectivity index (χ2v) is 7.72. The van der Waals surface area contributed by atoms with Crippen molar-refractivity contribution >= 4 is 0 Å². The number of likely N-dealkylation sites (tertiary alicyclic amines) is 1. The predicted molar refractivity (Wildman–Crippen MR) is 89.2 cm³/mol. The first-order valence-electron chi connectivity index (χ1n) is 9.24.